The minimum absolute atomic E-state index is 0.0792. The summed E-state index contributed by atoms with van der Waals surface area (Å²) in [5.74, 6) is -0.748. The summed E-state index contributed by atoms with van der Waals surface area (Å²) in [6, 6.07) is 4.14. The highest BCUT2D eigenvalue weighted by Gasteiger charge is 2.19. The van der Waals surface area contributed by atoms with E-state index in [1.54, 1.807) is 4.90 Å². The number of hydrogen-bond acceptors (Lipinski definition) is 1. The molecule has 0 aliphatic rings. The molecular weight excluding hydrogens is 289 g/mol. The van der Waals surface area contributed by atoms with E-state index < -0.39 is 5.82 Å². The first kappa shape index (κ1) is 18.0. The average Bonchev–Trinajstić information content (AvgIpc) is 2.48. The summed E-state index contributed by atoms with van der Waals surface area (Å²) in [6.45, 7) is 5.62. The number of rotatable bonds is 9. The Labute approximate surface area is 132 Å². The van der Waals surface area contributed by atoms with E-state index in [-0.39, 0.29) is 11.5 Å². The maximum absolute atomic E-state index is 13.9. The van der Waals surface area contributed by atoms with Crippen LogP contribution >= 0.6 is 11.6 Å². The molecule has 1 rings (SSSR count). The van der Waals surface area contributed by atoms with Gasteiger partial charge in [-0.05, 0) is 31.0 Å². The van der Waals surface area contributed by atoms with E-state index >= 15 is 0 Å². The molecule has 2 nitrogen and oxygen atoms in total. The number of amides is 1. The van der Waals surface area contributed by atoms with Crippen LogP contribution in [0.25, 0.3) is 0 Å². The van der Waals surface area contributed by atoms with Crippen LogP contribution in [0.1, 0.15) is 62.7 Å². The number of benzene rings is 1. The van der Waals surface area contributed by atoms with Crippen LogP contribution in [-0.2, 0) is 0 Å². The molecule has 0 fully saturated rings. The van der Waals surface area contributed by atoms with Gasteiger partial charge in [0, 0.05) is 18.1 Å². The van der Waals surface area contributed by atoms with E-state index in [2.05, 4.69) is 13.8 Å². The van der Waals surface area contributed by atoms with Crippen molar-refractivity contribution in [2.75, 3.05) is 13.1 Å². The molecule has 4 heteroatoms. The summed E-state index contributed by atoms with van der Waals surface area (Å²) in [5, 5.41) is 0.391. The van der Waals surface area contributed by atoms with Crippen LogP contribution in [0.2, 0.25) is 5.02 Å². The molecule has 0 aliphatic carbocycles. The molecular formula is C17H25ClFNO. The summed E-state index contributed by atoms with van der Waals surface area (Å²) in [5.41, 5.74) is 0.0792. The maximum atomic E-state index is 13.9. The van der Waals surface area contributed by atoms with Crippen LogP contribution in [0.4, 0.5) is 4.39 Å². The molecule has 1 amide bonds. The molecule has 1 aromatic rings. The zero-order chi connectivity index (χ0) is 15.7. The Morgan fingerprint density at radius 3 is 2.19 bits per heavy atom. The summed E-state index contributed by atoms with van der Waals surface area (Å²) < 4.78 is 13.9. The summed E-state index contributed by atoms with van der Waals surface area (Å²) in [7, 11) is 0. The molecule has 0 N–H and O–H groups in total. The van der Waals surface area contributed by atoms with Crippen molar-refractivity contribution in [3.8, 4) is 0 Å². The van der Waals surface area contributed by atoms with Crippen LogP contribution in [0.15, 0.2) is 18.2 Å². The molecule has 0 aromatic heterocycles. The normalized spacial score (nSPS) is 10.7. The third-order valence-electron chi connectivity index (χ3n) is 3.51. The molecule has 21 heavy (non-hydrogen) atoms. The van der Waals surface area contributed by atoms with E-state index in [0.29, 0.717) is 18.1 Å². The fourth-order valence-electron chi connectivity index (χ4n) is 2.25. The number of carbonyl (C=O) groups is 1. The quantitative estimate of drug-likeness (QED) is 0.566. The lowest BCUT2D eigenvalue weighted by Crippen LogP contribution is -2.33. The largest absolute Gasteiger partial charge is 0.339 e. The lowest BCUT2D eigenvalue weighted by molar-refractivity contribution is 0.0745. The van der Waals surface area contributed by atoms with Gasteiger partial charge in [-0.2, -0.15) is 0 Å². The summed E-state index contributed by atoms with van der Waals surface area (Å²) in [6.07, 6.45) is 6.27. The van der Waals surface area contributed by atoms with Crippen molar-refractivity contribution in [2.24, 2.45) is 0 Å². The molecule has 118 valence electrons. The second-order valence-electron chi connectivity index (χ2n) is 5.33. The van der Waals surface area contributed by atoms with E-state index in [4.69, 9.17) is 11.6 Å². The van der Waals surface area contributed by atoms with Crippen molar-refractivity contribution in [1.29, 1.82) is 0 Å². The number of carbonyl (C=O) groups excluding carboxylic acids is 1. The molecule has 0 bridgehead atoms. The van der Waals surface area contributed by atoms with E-state index in [1.807, 2.05) is 0 Å². The van der Waals surface area contributed by atoms with Gasteiger partial charge in [-0.3, -0.25) is 4.79 Å². The Hall–Kier alpha value is -1.09. The second-order valence-corrected chi connectivity index (χ2v) is 5.77. The van der Waals surface area contributed by atoms with E-state index in [0.717, 1.165) is 38.5 Å². The fourth-order valence-corrected chi connectivity index (χ4v) is 2.42. The first-order chi connectivity index (χ1) is 10.1. The number of nitrogens with zero attached hydrogens (tertiary/aromatic N) is 1. The van der Waals surface area contributed by atoms with Gasteiger partial charge in [-0.25, -0.2) is 4.39 Å². The topological polar surface area (TPSA) is 20.3 Å². The molecule has 0 radical (unpaired) electrons. The van der Waals surface area contributed by atoms with Crippen molar-refractivity contribution in [1.82, 2.24) is 4.90 Å². The van der Waals surface area contributed by atoms with Crippen LogP contribution in [0.5, 0.6) is 0 Å². The molecule has 1 aromatic carbocycles. The zero-order valence-corrected chi connectivity index (χ0v) is 13.8. The lowest BCUT2D eigenvalue weighted by atomic mass is 10.1. The minimum atomic E-state index is -0.500. The van der Waals surface area contributed by atoms with Crippen LogP contribution in [0, 0.1) is 5.82 Å². The molecule has 0 spiro atoms. The Bertz CT molecular complexity index is 440. The highest BCUT2D eigenvalue weighted by atomic mass is 35.5. The first-order valence-electron chi connectivity index (χ1n) is 7.84. The van der Waals surface area contributed by atoms with Crippen molar-refractivity contribution in [3.05, 3.63) is 34.6 Å². The van der Waals surface area contributed by atoms with Crippen molar-refractivity contribution in [2.45, 2.75) is 52.4 Å². The molecule has 0 atom stereocenters. The van der Waals surface area contributed by atoms with Crippen molar-refractivity contribution >= 4 is 17.5 Å². The third kappa shape index (κ3) is 6.04. The van der Waals surface area contributed by atoms with Gasteiger partial charge >= 0.3 is 0 Å². The smallest absolute Gasteiger partial charge is 0.256 e. The van der Waals surface area contributed by atoms with Crippen molar-refractivity contribution in [3.63, 3.8) is 0 Å². The van der Waals surface area contributed by atoms with E-state index in [1.165, 1.54) is 18.2 Å². The average molecular weight is 314 g/mol. The van der Waals surface area contributed by atoms with Gasteiger partial charge in [0.2, 0.25) is 0 Å². The molecule has 0 unspecified atom stereocenters. The first-order valence-corrected chi connectivity index (χ1v) is 8.22. The molecule has 0 aliphatic heterocycles. The fraction of sp³-hybridized carbons (Fsp3) is 0.588. The number of halogens is 2. The highest BCUT2D eigenvalue weighted by molar-refractivity contribution is 6.31. The summed E-state index contributed by atoms with van der Waals surface area (Å²) in [4.78, 5) is 14.3. The Balaban J connectivity index is 2.79. The predicted octanol–water partition coefficient (Wildman–Crippen LogP) is 5.30. The lowest BCUT2D eigenvalue weighted by Gasteiger charge is -2.23. The Morgan fingerprint density at radius 2 is 1.67 bits per heavy atom. The second kappa shape index (κ2) is 9.78. The minimum Gasteiger partial charge on any atom is -0.339 e. The van der Waals surface area contributed by atoms with Gasteiger partial charge in [-0.15, -0.1) is 0 Å². The van der Waals surface area contributed by atoms with Gasteiger partial charge in [0.05, 0.1) is 5.56 Å². The van der Waals surface area contributed by atoms with Gasteiger partial charge in [0.1, 0.15) is 5.82 Å². The maximum Gasteiger partial charge on any atom is 0.256 e. The zero-order valence-electron chi connectivity index (χ0n) is 13.0. The SMILES string of the molecule is CCCCCN(CCCCC)C(=O)c1cc(Cl)ccc1F. The van der Waals surface area contributed by atoms with E-state index in [9.17, 15) is 9.18 Å². The van der Waals surface area contributed by atoms with Crippen LogP contribution < -0.4 is 0 Å². The molecule has 0 heterocycles. The third-order valence-corrected chi connectivity index (χ3v) is 3.74. The van der Waals surface area contributed by atoms with Gasteiger partial charge in [0.15, 0.2) is 0 Å². The molecule has 0 saturated carbocycles. The number of hydrogen-bond donors (Lipinski definition) is 0. The Morgan fingerprint density at radius 1 is 1.10 bits per heavy atom. The predicted molar refractivity (Wildman–Crippen MR) is 86.4 cm³/mol. The summed E-state index contributed by atoms with van der Waals surface area (Å²) >= 11 is 5.88. The monoisotopic (exact) mass is 313 g/mol. The highest BCUT2D eigenvalue weighted by Crippen LogP contribution is 2.17. The molecule has 0 saturated heterocycles. The van der Waals surface area contributed by atoms with Gasteiger partial charge in [-0.1, -0.05) is 51.1 Å². The van der Waals surface area contributed by atoms with Gasteiger partial charge in [0.25, 0.3) is 5.91 Å². The van der Waals surface area contributed by atoms with Crippen LogP contribution in [0.3, 0.4) is 0 Å². The van der Waals surface area contributed by atoms with Gasteiger partial charge < -0.3 is 4.90 Å². The van der Waals surface area contributed by atoms with Crippen molar-refractivity contribution < 1.29 is 9.18 Å². The Kier molecular flexibility index (Phi) is 8.36. The van der Waals surface area contributed by atoms with Crippen LogP contribution in [-0.4, -0.2) is 23.9 Å². The standard InChI is InChI=1S/C17H25ClFNO/c1-3-5-7-11-20(12-8-6-4-2)17(21)15-13-14(18)9-10-16(15)19/h9-10,13H,3-8,11-12H2,1-2H3. The number of unbranched alkanes of at least 4 members (excludes halogenated alkanes) is 4.